The molecule has 4 N–H and O–H groups in total. The predicted molar refractivity (Wildman–Crippen MR) is 60.3 cm³/mol. The maximum Gasteiger partial charge on any atom is 0.407 e. The zero-order valence-corrected chi connectivity index (χ0v) is 9.66. The lowest BCUT2D eigenvalue weighted by atomic mass is 10.0. The van der Waals surface area contributed by atoms with Gasteiger partial charge in [-0.1, -0.05) is 6.92 Å². The van der Waals surface area contributed by atoms with E-state index in [2.05, 4.69) is 10.6 Å². The minimum absolute atomic E-state index is 0.0589. The molecule has 0 aliphatic carbocycles. The minimum atomic E-state index is -1.18. The van der Waals surface area contributed by atoms with Crippen molar-refractivity contribution in [3.8, 4) is 0 Å². The Morgan fingerprint density at radius 1 is 1.76 bits per heavy atom. The SMILES string of the molecule is C[C@H](CNC[C@H]1CNC(=O)O1)CC(=N)C(=O)O. The van der Waals surface area contributed by atoms with Crippen molar-refractivity contribution in [2.24, 2.45) is 5.92 Å². The van der Waals surface area contributed by atoms with Crippen molar-refractivity contribution >= 4 is 17.8 Å². The number of carbonyl (C=O) groups is 2. The number of carboxylic acid groups (broad SMARTS) is 1. The van der Waals surface area contributed by atoms with Crippen LogP contribution in [0.1, 0.15) is 13.3 Å². The minimum Gasteiger partial charge on any atom is -0.477 e. The second-order valence-corrected chi connectivity index (χ2v) is 4.16. The zero-order valence-electron chi connectivity index (χ0n) is 9.66. The molecule has 0 aromatic carbocycles. The number of carboxylic acids is 1. The first-order valence-corrected chi connectivity index (χ1v) is 5.45. The summed E-state index contributed by atoms with van der Waals surface area (Å²) in [7, 11) is 0. The van der Waals surface area contributed by atoms with E-state index in [4.69, 9.17) is 15.3 Å². The molecule has 1 saturated heterocycles. The summed E-state index contributed by atoms with van der Waals surface area (Å²) in [5, 5.41) is 21.4. The standard InChI is InChI=1S/C10H17N3O4/c1-6(2-8(11)9(14)15)3-12-4-7-5-13-10(16)17-7/h6-7,11-12H,2-5H2,1H3,(H,13,16)(H,14,15)/t6-,7-/m0/s1. The smallest absolute Gasteiger partial charge is 0.407 e. The summed E-state index contributed by atoms with van der Waals surface area (Å²) in [4.78, 5) is 21.2. The molecule has 7 nitrogen and oxygen atoms in total. The topological polar surface area (TPSA) is 112 Å². The van der Waals surface area contributed by atoms with E-state index in [1.54, 1.807) is 0 Å². The first-order valence-electron chi connectivity index (χ1n) is 5.45. The van der Waals surface area contributed by atoms with Crippen LogP contribution < -0.4 is 10.6 Å². The lowest BCUT2D eigenvalue weighted by Gasteiger charge is -2.13. The number of rotatable bonds is 7. The lowest BCUT2D eigenvalue weighted by Crippen LogP contribution is -2.33. The Morgan fingerprint density at radius 3 is 3.00 bits per heavy atom. The average molecular weight is 243 g/mol. The van der Waals surface area contributed by atoms with Crippen LogP contribution in [-0.4, -0.2) is 48.6 Å². The highest BCUT2D eigenvalue weighted by Gasteiger charge is 2.22. The molecule has 0 bridgehead atoms. The molecule has 0 aromatic rings. The first-order chi connectivity index (χ1) is 7.99. The number of ether oxygens (including phenoxy) is 1. The molecule has 0 unspecified atom stereocenters. The van der Waals surface area contributed by atoms with Crippen molar-refractivity contribution in [3.63, 3.8) is 0 Å². The number of hydrogen-bond donors (Lipinski definition) is 4. The van der Waals surface area contributed by atoms with E-state index in [0.717, 1.165) is 0 Å². The van der Waals surface area contributed by atoms with E-state index in [-0.39, 0.29) is 24.2 Å². The van der Waals surface area contributed by atoms with Crippen molar-refractivity contribution in [3.05, 3.63) is 0 Å². The van der Waals surface area contributed by atoms with Gasteiger partial charge in [0.15, 0.2) is 0 Å². The highest BCUT2D eigenvalue weighted by atomic mass is 16.6. The van der Waals surface area contributed by atoms with Crippen LogP contribution in [0.15, 0.2) is 0 Å². The van der Waals surface area contributed by atoms with Crippen LogP contribution in [0.2, 0.25) is 0 Å². The number of alkyl carbamates (subject to hydrolysis) is 1. The molecule has 96 valence electrons. The van der Waals surface area contributed by atoms with Crippen molar-refractivity contribution in [1.29, 1.82) is 5.41 Å². The highest BCUT2D eigenvalue weighted by molar-refractivity contribution is 6.34. The molecule has 0 radical (unpaired) electrons. The number of aliphatic carboxylic acids is 1. The monoisotopic (exact) mass is 243 g/mol. The number of hydrogen-bond acceptors (Lipinski definition) is 5. The second kappa shape index (κ2) is 6.19. The summed E-state index contributed by atoms with van der Waals surface area (Å²) in [5.74, 6) is -1.12. The number of cyclic esters (lactones) is 1. The summed E-state index contributed by atoms with van der Waals surface area (Å²) in [6.07, 6.45) is -0.350. The fraction of sp³-hybridized carbons (Fsp3) is 0.700. The van der Waals surface area contributed by atoms with Gasteiger partial charge in [-0.25, -0.2) is 9.59 Å². The lowest BCUT2D eigenvalue weighted by molar-refractivity contribution is -0.129. The average Bonchev–Trinajstić information content (AvgIpc) is 2.64. The highest BCUT2D eigenvalue weighted by Crippen LogP contribution is 2.03. The number of amides is 1. The van der Waals surface area contributed by atoms with Crippen molar-refractivity contribution in [2.45, 2.75) is 19.4 Å². The van der Waals surface area contributed by atoms with Crippen LogP contribution in [-0.2, 0) is 9.53 Å². The second-order valence-electron chi connectivity index (χ2n) is 4.16. The third kappa shape index (κ3) is 4.81. The van der Waals surface area contributed by atoms with E-state index in [1.807, 2.05) is 6.92 Å². The molecule has 0 spiro atoms. The maximum atomic E-state index is 10.7. The normalized spacial score (nSPS) is 20.5. The Kier molecular flexibility index (Phi) is 4.89. The van der Waals surface area contributed by atoms with E-state index in [0.29, 0.717) is 19.6 Å². The largest absolute Gasteiger partial charge is 0.477 e. The van der Waals surface area contributed by atoms with Crippen molar-refractivity contribution in [2.75, 3.05) is 19.6 Å². The Hall–Kier alpha value is -1.63. The van der Waals surface area contributed by atoms with Gasteiger partial charge in [0.1, 0.15) is 11.8 Å². The zero-order chi connectivity index (χ0) is 12.8. The summed E-state index contributed by atoms with van der Waals surface area (Å²) in [6, 6.07) is 0. The predicted octanol–water partition coefficient (Wildman–Crippen LogP) is -0.185. The molecule has 17 heavy (non-hydrogen) atoms. The number of carbonyl (C=O) groups excluding carboxylic acids is 1. The molecule has 1 heterocycles. The molecule has 0 aromatic heterocycles. The van der Waals surface area contributed by atoms with Gasteiger partial charge in [0.05, 0.1) is 6.54 Å². The summed E-state index contributed by atoms with van der Waals surface area (Å²) in [5.41, 5.74) is -0.284. The van der Waals surface area contributed by atoms with Crippen molar-refractivity contribution in [1.82, 2.24) is 10.6 Å². The molecular formula is C10H17N3O4. The van der Waals surface area contributed by atoms with Gasteiger partial charge in [0, 0.05) is 13.0 Å². The van der Waals surface area contributed by atoms with Crippen molar-refractivity contribution < 1.29 is 19.4 Å². The molecular weight excluding hydrogens is 226 g/mol. The fourth-order valence-corrected chi connectivity index (χ4v) is 1.54. The molecule has 2 atom stereocenters. The molecule has 1 aliphatic heterocycles. The Morgan fingerprint density at radius 2 is 2.47 bits per heavy atom. The fourth-order valence-electron chi connectivity index (χ4n) is 1.54. The summed E-state index contributed by atoms with van der Waals surface area (Å²) >= 11 is 0. The van der Waals surface area contributed by atoms with E-state index < -0.39 is 12.1 Å². The van der Waals surface area contributed by atoms with Gasteiger partial charge < -0.3 is 20.5 Å². The van der Waals surface area contributed by atoms with Gasteiger partial charge >= 0.3 is 12.1 Å². The third-order valence-electron chi connectivity index (χ3n) is 2.42. The third-order valence-corrected chi connectivity index (χ3v) is 2.42. The van der Waals surface area contributed by atoms with Gasteiger partial charge in [0.2, 0.25) is 0 Å². The molecule has 1 fully saturated rings. The van der Waals surface area contributed by atoms with Gasteiger partial charge in [-0.3, -0.25) is 5.41 Å². The quantitative estimate of drug-likeness (QED) is 0.463. The molecule has 1 rings (SSSR count). The first kappa shape index (κ1) is 13.4. The Bertz CT molecular complexity index is 319. The van der Waals surface area contributed by atoms with Crippen LogP contribution in [0.25, 0.3) is 0 Å². The molecule has 1 aliphatic rings. The van der Waals surface area contributed by atoms with Crippen LogP contribution in [0, 0.1) is 11.3 Å². The number of nitrogens with one attached hydrogen (secondary N) is 3. The van der Waals surface area contributed by atoms with Gasteiger partial charge in [-0.15, -0.1) is 0 Å². The maximum absolute atomic E-state index is 10.7. The summed E-state index contributed by atoms with van der Waals surface area (Å²) < 4.78 is 4.91. The van der Waals surface area contributed by atoms with Crippen LogP contribution in [0.4, 0.5) is 4.79 Å². The van der Waals surface area contributed by atoms with Gasteiger partial charge in [0.25, 0.3) is 0 Å². The van der Waals surface area contributed by atoms with Crippen LogP contribution >= 0.6 is 0 Å². The van der Waals surface area contributed by atoms with Gasteiger partial charge in [-0.2, -0.15) is 0 Å². The Labute approximate surface area is 99.0 Å². The summed E-state index contributed by atoms with van der Waals surface area (Å²) in [6.45, 7) is 3.47. The Balaban J connectivity index is 2.11. The van der Waals surface area contributed by atoms with Crippen LogP contribution in [0.3, 0.4) is 0 Å². The van der Waals surface area contributed by atoms with E-state index in [1.165, 1.54) is 0 Å². The van der Waals surface area contributed by atoms with Gasteiger partial charge in [-0.05, 0) is 12.5 Å². The molecule has 0 saturated carbocycles. The van der Waals surface area contributed by atoms with E-state index >= 15 is 0 Å². The molecule has 7 heteroatoms. The molecule has 1 amide bonds. The van der Waals surface area contributed by atoms with Crippen LogP contribution in [0.5, 0.6) is 0 Å². The van der Waals surface area contributed by atoms with E-state index in [9.17, 15) is 9.59 Å².